The van der Waals surface area contributed by atoms with Crippen LogP contribution in [0.15, 0.2) is 36.4 Å². The van der Waals surface area contributed by atoms with E-state index in [9.17, 15) is 14.4 Å². The van der Waals surface area contributed by atoms with Crippen LogP contribution >= 0.6 is 34.8 Å². The molecular formula is C19H13Cl3N4O3. The summed E-state index contributed by atoms with van der Waals surface area (Å²) >= 11 is 17.9. The number of hydrogen-bond acceptors (Lipinski definition) is 4. The summed E-state index contributed by atoms with van der Waals surface area (Å²) in [6, 6.07) is 10.4. The van der Waals surface area contributed by atoms with E-state index in [1.807, 2.05) is 6.07 Å². The molecule has 1 atom stereocenters. The summed E-state index contributed by atoms with van der Waals surface area (Å²) in [7, 11) is 0. The van der Waals surface area contributed by atoms with Gasteiger partial charge in [-0.3, -0.25) is 14.5 Å². The van der Waals surface area contributed by atoms with Crippen LogP contribution in [0.2, 0.25) is 15.1 Å². The Morgan fingerprint density at radius 1 is 1.21 bits per heavy atom. The third kappa shape index (κ3) is 4.01. The van der Waals surface area contributed by atoms with Gasteiger partial charge in [0.2, 0.25) is 5.91 Å². The molecule has 0 saturated carbocycles. The van der Waals surface area contributed by atoms with Gasteiger partial charge >= 0.3 is 6.03 Å². The number of nitrogens with zero attached hydrogens (tertiary/aromatic N) is 2. The fourth-order valence-electron chi connectivity index (χ4n) is 2.92. The van der Waals surface area contributed by atoms with Gasteiger partial charge in [-0.1, -0.05) is 46.9 Å². The Morgan fingerprint density at radius 3 is 2.48 bits per heavy atom. The first-order valence-electron chi connectivity index (χ1n) is 8.25. The molecule has 0 spiro atoms. The average molecular weight is 452 g/mol. The summed E-state index contributed by atoms with van der Waals surface area (Å²) in [6.07, 6.45) is 0. The van der Waals surface area contributed by atoms with Crippen molar-refractivity contribution in [2.24, 2.45) is 0 Å². The Labute approximate surface area is 181 Å². The van der Waals surface area contributed by atoms with Gasteiger partial charge in [-0.05, 0) is 36.8 Å². The molecule has 29 heavy (non-hydrogen) atoms. The van der Waals surface area contributed by atoms with E-state index < -0.39 is 29.9 Å². The Morgan fingerprint density at radius 2 is 1.86 bits per heavy atom. The van der Waals surface area contributed by atoms with Crippen molar-refractivity contribution in [3.63, 3.8) is 0 Å². The van der Waals surface area contributed by atoms with E-state index in [1.54, 1.807) is 18.2 Å². The minimum absolute atomic E-state index is 0.117. The molecule has 0 radical (unpaired) electrons. The average Bonchev–Trinajstić information content (AvgIpc) is 2.89. The molecule has 1 heterocycles. The first-order valence-corrected chi connectivity index (χ1v) is 9.38. The molecule has 2 N–H and O–H groups in total. The second kappa shape index (κ2) is 7.91. The molecule has 148 valence electrons. The molecule has 1 unspecified atom stereocenters. The second-order valence-electron chi connectivity index (χ2n) is 6.43. The molecule has 1 fully saturated rings. The van der Waals surface area contributed by atoms with Crippen molar-refractivity contribution in [3.8, 4) is 6.07 Å². The van der Waals surface area contributed by atoms with Gasteiger partial charge in [0.05, 0.1) is 27.4 Å². The van der Waals surface area contributed by atoms with Gasteiger partial charge in [-0.2, -0.15) is 5.26 Å². The zero-order valence-electron chi connectivity index (χ0n) is 14.9. The summed E-state index contributed by atoms with van der Waals surface area (Å²) in [4.78, 5) is 38.5. The quantitative estimate of drug-likeness (QED) is 0.688. The predicted molar refractivity (Wildman–Crippen MR) is 109 cm³/mol. The molecule has 4 amide bonds. The highest BCUT2D eigenvalue weighted by atomic mass is 35.5. The summed E-state index contributed by atoms with van der Waals surface area (Å²) < 4.78 is 0. The number of halogens is 3. The molecule has 1 aliphatic heterocycles. The van der Waals surface area contributed by atoms with Gasteiger partial charge in [0, 0.05) is 5.02 Å². The van der Waals surface area contributed by atoms with Crippen LogP contribution < -0.4 is 10.6 Å². The van der Waals surface area contributed by atoms with Gasteiger partial charge in [0.15, 0.2) is 0 Å². The fourth-order valence-corrected chi connectivity index (χ4v) is 3.83. The van der Waals surface area contributed by atoms with E-state index in [2.05, 4.69) is 10.6 Å². The van der Waals surface area contributed by atoms with Crippen molar-refractivity contribution in [2.45, 2.75) is 12.5 Å². The summed E-state index contributed by atoms with van der Waals surface area (Å²) in [5.41, 5.74) is -0.505. The highest BCUT2D eigenvalue weighted by Crippen LogP contribution is 2.34. The first-order chi connectivity index (χ1) is 13.7. The number of nitrogens with one attached hydrogen (secondary N) is 2. The lowest BCUT2D eigenvalue weighted by atomic mass is 9.91. The summed E-state index contributed by atoms with van der Waals surface area (Å²) in [6.45, 7) is 0.960. The van der Waals surface area contributed by atoms with Crippen molar-refractivity contribution in [1.82, 2.24) is 10.2 Å². The van der Waals surface area contributed by atoms with E-state index >= 15 is 0 Å². The third-order valence-electron chi connectivity index (χ3n) is 4.42. The molecule has 1 aliphatic rings. The van der Waals surface area contributed by atoms with E-state index in [1.165, 1.54) is 25.1 Å². The normalized spacial score (nSPS) is 18.4. The number of amides is 4. The molecule has 2 aromatic carbocycles. The monoisotopic (exact) mass is 450 g/mol. The highest BCUT2D eigenvalue weighted by Gasteiger charge is 2.49. The Bertz CT molecular complexity index is 1060. The Kier molecular flexibility index (Phi) is 5.71. The molecule has 0 aliphatic carbocycles. The SMILES string of the molecule is CC1(c2cccc(C#N)c2)NC(=O)N(CC(=O)Nc2c(Cl)cc(Cl)cc2Cl)C1=O. The van der Waals surface area contributed by atoms with Gasteiger partial charge in [-0.15, -0.1) is 0 Å². The van der Waals surface area contributed by atoms with Crippen LogP contribution in [0.4, 0.5) is 10.5 Å². The molecule has 3 rings (SSSR count). The van der Waals surface area contributed by atoms with Crippen molar-refractivity contribution in [3.05, 3.63) is 62.6 Å². The molecule has 0 bridgehead atoms. The first kappa shape index (κ1) is 20.9. The van der Waals surface area contributed by atoms with Crippen LogP contribution in [0.3, 0.4) is 0 Å². The van der Waals surface area contributed by atoms with E-state index in [-0.39, 0.29) is 15.7 Å². The van der Waals surface area contributed by atoms with Gasteiger partial charge < -0.3 is 10.6 Å². The van der Waals surface area contributed by atoms with E-state index in [0.29, 0.717) is 16.1 Å². The van der Waals surface area contributed by atoms with Crippen LogP contribution in [0.5, 0.6) is 0 Å². The number of benzene rings is 2. The minimum Gasteiger partial charge on any atom is -0.322 e. The zero-order chi connectivity index (χ0) is 21.3. The number of rotatable bonds is 4. The molecule has 7 nitrogen and oxygen atoms in total. The standard InChI is InChI=1S/C19H13Cl3N4O3/c1-19(11-4-2-3-10(5-11)8-23)17(28)26(18(29)25-19)9-15(27)24-16-13(21)6-12(20)7-14(16)22/h2-7H,9H2,1H3,(H,24,27)(H,25,29). The lowest BCUT2D eigenvalue weighted by molar-refractivity contribution is -0.133. The molecule has 1 saturated heterocycles. The summed E-state index contributed by atoms with van der Waals surface area (Å²) in [5, 5.41) is 14.6. The van der Waals surface area contributed by atoms with Crippen molar-refractivity contribution >= 4 is 58.3 Å². The number of nitriles is 1. The minimum atomic E-state index is -1.40. The second-order valence-corrected chi connectivity index (χ2v) is 7.68. The zero-order valence-corrected chi connectivity index (χ0v) is 17.2. The van der Waals surface area contributed by atoms with Crippen LogP contribution in [0.1, 0.15) is 18.1 Å². The Hall–Kier alpha value is -2.79. The highest BCUT2D eigenvalue weighted by molar-refractivity contribution is 6.42. The van der Waals surface area contributed by atoms with E-state index in [0.717, 1.165) is 4.90 Å². The predicted octanol–water partition coefficient (Wildman–Crippen LogP) is 3.92. The maximum atomic E-state index is 12.9. The molecular weight excluding hydrogens is 439 g/mol. The van der Waals surface area contributed by atoms with Crippen molar-refractivity contribution < 1.29 is 14.4 Å². The largest absolute Gasteiger partial charge is 0.325 e. The Balaban J connectivity index is 1.80. The van der Waals surface area contributed by atoms with Crippen LogP contribution in [-0.2, 0) is 15.1 Å². The smallest absolute Gasteiger partial charge is 0.322 e. The topological polar surface area (TPSA) is 102 Å². The lowest BCUT2D eigenvalue weighted by Gasteiger charge is -2.22. The molecule has 10 heteroatoms. The van der Waals surface area contributed by atoms with Gasteiger partial charge in [0.1, 0.15) is 12.1 Å². The molecule has 2 aromatic rings. The van der Waals surface area contributed by atoms with Crippen LogP contribution in [-0.4, -0.2) is 29.3 Å². The van der Waals surface area contributed by atoms with Crippen molar-refractivity contribution in [2.75, 3.05) is 11.9 Å². The lowest BCUT2D eigenvalue weighted by Crippen LogP contribution is -2.42. The molecule has 0 aromatic heterocycles. The van der Waals surface area contributed by atoms with E-state index in [4.69, 9.17) is 40.1 Å². The number of carbonyl (C=O) groups is 3. The third-order valence-corrected chi connectivity index (χ3v) is 5.23. The fraction of sp³-hybridized carbons (Fsp3) is 0.158. The number of urea groups is 1. The number of anilines is 1. The van der Waals surface area contributed by atoms with Crippen LogP contribution in [0, 0.1) is 11.3 Å². The van der Waals surface area contributed by atoms with Crippen LogP contribution in [0.25, 0.3) is 0 Å². The van der Waals surface area contributed by atoms with Gasteiger partial charge in [0.25, 0.3) is 5.91 Å². The maximum Gasteiger partial charge on any atom is 0.325 e. The van der Waals surface area contributed by atoms with Gasteiger partial charge in [-0.25, -0.2) is 4.79 Å². The number of hydrogen-bond donors (Lipinski definition) is 2. The maximum absolute atomic E-state index is 12.9. The summed E-state index contributed by atoms with van der Waals surface area (Å²) in [5.74, 6) is -1.30. The van der Waals surface area contributed by atoms with Crippen molar-refractivity contribution in [1.29, 1.82) is 5.26 Å². The number of imide groups is 1. The number of carbonyl (C=O) groups excluding carboxylic acids is 3.